The van der Waals surface area contributed by atoms with E-state index in [0.29, 0.717) is 11.3 Å². The maximum atomic E-state index is 11.8. The summed E-state index contributed by atoms with van der Waals surface area (Å²) >= 11 is 0. The summed E-state index contributed by atoms with van der Waals surface area (Å²) in [5, 5.41) is 12.2. The third-order valence-corrected chi connectivity index (χ3v) is 3.45. The largest absolute Gasteiger partial charge is 0.700 e. The van der Waals surface area contributed by atoms with Crippen molar-refractivity contribution in [3.63, 3.8) is 0 Å². The molecule has 10 nitrogen and oxygen atoms in total. The molecule has 0 spiro atoms. The molecule has 1 rings (SSSR count). The van der Waals surface area contributed by atoms with Crippen molar-refractivity contribution in [1.29, 1.82) is 0 Å². The molecule has 0 saturated carbocycles. The first-order valence-electron chi connectivity index (χ1n) is 6.28. The van der Waals surface area contributed by atoms with E-state index >= 15 is 0 Å². The third kappa shape index (κ3) is 7.54. The average molecular weight is 366 g/mol. The number of carbonyl (C=O) groups is 1. The first kappa shape index (κ1) is 19.5. The standard InChI is InChI=1S/C11H14N2O8P2/c12-9-4-2-8(3-5-9)10(14)13-7-1-6-11(15,20-22(16)17)21-23(18)19/h2-5,15H,1,6-7H2,(H3-2,12,13,14,16,17,18,19)/p+2. The van der Waals surface area contributed by atoms with Gasteiger partial charge in [-0.3, -0.25) is 4.79 Å². The Bertz CT molecular complexity index is 564. The number of hydrogen-bond donors (Lipinski definition) is 5. The fraction of sp³-hybridized carbons (Fsp3) is 0.364. The van der Waals surface area contributed by atoms with Gasteiger partial charge >= 0.3 is 22.5 Å². The van der Waals surface area contributed by atoms with Crippen molar-refractivity contribution in [2.24, 2.45) is 0 Å². The van der Waals surface area contributed by atoms with Crippen LogP contribution in [0.1, 0.15) is 23.2 Å². The van der Waals surface area contributed by atoms with E-state index in [2.05, 4.69) is 14.4 Å². The van der Waals surface area contributed by atoms with Crippen LogP contribution < -0.4 is 11.1 Å². The molecule has 12 heteroatoms. The predicted molar refractivity (Wildman–Crippen MR) is 79.2 cm³/mol. The van der Waals surface area contributed by atoms with Gasteiger partial charge in [-0.25, -0.2) is 0 Å². The molecule has 0 aliphatic heterocycles. The molecule has 0 radical (unpaired) electrons. The second-order valence-corrected chi connectivity index (χ2v) is 5.67. The Hall–Kier alpha value is -1.51. The molecule has 1 aromatic rings. The summed E-state index contributed by atoms with van der Waals surface area (Å²) in [5.41, 5.74) is 6.38. The molecule has 0 fully saturated rings. The summed E-state index contributed by atoms with van der Waals surface area (Å²) in [6, 6.07) is 6.18. The van der Waals surface area contributed by atoms with Gasteiger partial charge in [-0.05, 0) is 39.7 Å². The lowest BCUT2D eigenvalue weighted by Gasteiger charge is -2.13. The maximum absolute atomic E-state index is 11.8. The Morgan fingerprint density at radius 1 is 1.17 bits per heavy atom. The van der Waals surface area contributed by atoms with Gasteiger partial charge in [0.05, 0.1) is 0 Å². The number of nitrogens with two attached hydrogens (primary N) is 1. The van der Waals surface area contributed by atoms with Crippen molar-refractivity contribution in [2.45, 2.75) is 18.8 Å². The number of rotatable bonds is 9. The second-order valence-electron chi connectivity index (χ2n) is 4.35. The maximum Gasteiger partial charge on any atom is 0.700 e. The van der Waals surface area contributed by atoms with Gasteiger partial charge in [-0.1, -0.05) is 0 Å². The van der Waals surface area contributed by atoms with Crippen LogP contribution in [-0.2, 0) is 18.2 Å². The lowest BCUT2D eigenvalue weighted by atomic mass is 10.2. The van der Waals surface area contributed by atoms with Crippen LogP contribution >= 0.6 is 16.5 Å². The molecule has 0 heterocycles. The minimum atomic E-state index is -3.26. The molecule has 0 aliphatic rings. The average Bonchev–Trinajstić information content (AvgIpc) is 2.42. The lowest BCUT2D eigenvalue weighted by Crippen LogP contribution is -2.33. The minimum Gasteiger partial charge on any atom is -0.399 e. The first-order valence-corrected chi connectivity index (χ1v) is 8.54. The van der Waals surface area contributed by atoms with Crippen LogP contribution in [0.15, 0.2) is 24.3 Å². The van der Waals surface area contributed by atoms with E-state index in [4.69, 9.17) is 15.5 Å². The number of nitrogens with one attached hydrogen (secondary N) is 1. The smallest absolute Gasteiger partial charge is 0.399 e. The minimum absolute atomic E-state index is 0.0452. The fourth-order valence-electron chi connectivity index (χ4n) is 1.60. The molecule has 1 amide bonds. The second kappa shape index (κ2) is 8.95. The van der Waals surface area contributed by atoms with Crippen molar-refractivity contribution >= 4 is 28.1 Å². The molecular formula is C11H16N2O8P2+2. The van der Waals surface area contributed by atoms with Crippen molar-refractivity contribution in [3.05, 3.63) is 29.8 Å². The number of carbonyl (C=O) groups excluding carboxylic acids is 1. The van der Waals surface area contributed by atoms with E-state index in [-0.39, 0.29) is 13.0 Å². The molecule has 2 unspecified atom stereocenters. The van der Waals surface area contributed by atoms with Crippen molar-refractivity contribution in [1.82, 2.24) is 5.32 Å². The first-order chi connectivity index (χ1) is 10.7. The molecule has 0 aromatic heterocycles. The number of aliphatic hydroxyl groups is 1. The van der Waals surface area contributed by atoms with Gasteiger partial charge in [0, 0.05) is 33.3 Å². The van der Waals surface area contributed by atoms with Crippen LogP contribution in [0.3, 0.4) is 0 Å². The van der Waals surface area contributed by atoms with Crippen molar-refractivity contribution in [2.75, 3.05) is 12.3 Å². The summed E-state index contributed by atoms with van der Waals surface area (Å²) in [6.45, 7) is 0.0582. The van der Waals surface area contributed by atoms with Gasteiger partial charge in [0.1, 0.15) is 0 Å². The molecule has 2 atom stereocenters. The molecule has 126 valence electrons. The Balaban J connectivity index is 2.47. The predicted octanol–water partition coefficient (Wildman–Crippen LogP) is 0.758. The summed E-state index contributed by atoms with van der Waals surface area (Å²) in [6.07, 6.45) is -0.373. The van der Waals surface area contributed by atoms with Crippen LogP contribution in [0.5, 0.6) is 0 Å². The van der Waals surface area contributed by atoms with E-state index in [1.807, 2.05) is 0 Å². The van der Waals surface area contributed by atoms with E-state index < -0.39 is 34.8 Å². The summed E-state index contributed by atoms with van der Waals surface area (Å²) in [7, 11) is -6.51. The van der Waals surface area contributed by atoms with Crippen LogP contribution in [-0.4, -0.2) is 33.3 Å². The molecule has 1 aromatic carbocycles. The number of amides is 1. The molecule has 23 heavy (non-hydrogen) atoms. The van der Waals surface area contributed by atoms with Gasteiger partial charge in [0.2, 0.25) is 0 Å². The lowest BCUT2D eigenvalue weighted by molar-refractivity contribution is -0.277. The van der Waals surface area contributed by atoms with Crippen LogP contribution in [0.25, 0.3) is 0 Å². The quantitative estimate of drug-likeness (QED) is 0.183. The Morgan fingerprint density at radius 3 is 2.17 bits per heavy atom. The molecule has 0 bridgehead atoms. The Labute approximate surface area is 133 Å². The summed E-state index contributed by atoms with van der Waals surface area (Å²) < 4.78 is 29.5. The zero-order valence-electron chi connectivity index (χ0n) is 11.8. The van der Waals surface area contributed by atoms with Gasteiger partial charge in [-0.2, -0.15) is 0 Å². The summed E-state index contributed by atoms with van der Waals surface area (Å²) in [5.74, 6) is -3.09. The van der Waals surface area contributed by atoms with Gasteiger partial charge < -0.3 is 16.2 Å². The number of hydrogen-bond acceptors (Lipinski definition) is 7. The molecule has 6 N–H and O–H groups in total. The monoisotopic (exact) mass is 366 g/mol. The van der Waals surface area contributed by atoms with Gasteiger partial charge in [-0.15, -0.1) is 9.79 Å². The van der Waals surface area contributed by atoms with Crippen molar-refractivity contribution < 1.29 is 37.9 Å². The topological polar surface area (TPSA) is 168 Å². The van der Waals surface area contributed by atoms with E-state index in [0.717, 1.165) is 0 Å². The molecule has 0 saturated heterocycles. The third-order valence-electron chi connectivity index (χ3n) is 2.57. The van der Waals surface area contributed by atoms with E-state index in [1.165, 1.54) is 12.1 Å². The summed E-state index contributed by atoms with van der Waals surface area (Å²) in [4.78, 5) is 29.0. The number of benzene rings is 1. The number of nitrogen functional groups attached to an aromatic ring is 1. The Morgan fingerprint density at radius 2 is 1.70 bits per heavy atom. The zero-order valence-corrected chi connectivity index (χ0v) is 13.6. The van der Waals surface area contributed by atoms with Crippen molar-refractivity contribution in [3.8, 4) is 0 Å². The van der Waals surface area contributed by atoms with Gasteiger partial charge in [0.25, 0.3) is 5.91 Å². The van der Waals surface area contributed by atoms with E-state index in [9.17, 15) is 19.0 Å². The fourth-order valence-corrected chi connectivity index (χ4v) is 2.41. The van der Waals surface area contributed by atoms with Crippen LogP contribution in [0.2, 0.25) is 0 Å². The number of anilines is 1. The molecular weight excluding hydrogens is 350 g/mol. The SMILES string of the molecule is Nc1ccc(C(=O)NCCCC(O)(O[P+](=O)O)O[P+](=O)O)cc1. The van der Waals surface area contributed by atoms with E-state index in [1.54, 1.807) is 12.1 Å². The highest BCUT2D eigenvalue weighted by Crippen LogP contribution is 2.35. The highest BCUT2D eigenvalue weighted by molar-refractivity contribution is 7.33. The normalized spacial score (nSPS) is 14.7. The van der Waals surface area contributed by atoms with Crippen LogP contribution in [0, 0.1) is 0 Å². The highest BCUT2D eigenvalue weighted by Gasteiger charge is 2.47. The van der Waals surface area contributed by atoms with Crippen LogP contribution in [0.4, 0.5) is 5.69 Å². The molecule has 0 aliphatic carbocycles. The van der Waals surface area contributed by atoms with Gasteiger partial charge in [0.15, 0.2) is 0 Å². The Kier molecular flexibility index (Phi) is 7.60. The highest BCUT2D eigenvalue weighted by atomic mass is 31.1. The zero-order chi connectivity index (χ0) is 17.5.